The molecule has 1 aliphatic rings. The van der Waals surface area contributed by atoms with Crippen molar-refractivity contribution in [1.29, 1.82) is 0 Å². The molecule has 1 aliphatic heterocycles. The summed E-state index contributed by atoms with van der Waals surface area (Å²) in [4.78, 5) is 26.2. The summed E-state index contributed by atoms with van der Waals surface area (Å²) < 4.78 is 16.7. The number of ether oxygens (including phenoxy) is 3. The van der Waals surface area contributed by atoms with Crippen molar-refractivity contribution < 1.29 is 23.8 Å². The largest absolute Gasteiger partial charge is 0.493 e. The van der Waals surface area contributed by atoms with Crippen molar-refractivity contribution in [1.82, 2.24) is 4.90 Å². The van der Waals surface area contributed by atoms with Crippen LogP contribution in [0.1, 0.15) is 51.5 Å². The van der Waals surface area contributed by atoms with Gasteiger partial charge in [0, 0.05) is 0 Å². The van der Waals surface area contributed by atoms with Crippen molar-refractivity contribution in [2.75, 3.05) is 26.9 Å². The van der Waals surface area contributed by atoms with Crippen LogP contribution in [0.2, 0.25) is 0 Å². The monoisotopic (exact) mass is 451 g/mol. The minimum Gasteiger partial charge on any atom is -0.493 e. The molecule has 0 aromatic heterocycles. The minimum absolute atomic E-state index is 0.170. The third-order valence-corrected chi connectivity index (χ3v) is 5.75. The molecule has 6 nitrogen and oxygen atoms in total. The van der Waals surface area contributed by atoms with Crippen LogP contribution in [0.3, 0.4) is 0 Å². The summed E-state index contributed by atoms with van der Waals surface area (Å²) in [5, 5.41) is 0. The standard InChI is InChI=1S/C22H29NO5S2/c1-4-6-7-8-12-27-17-10-9-16(13-18(17)26-3)14-19-21(25)23(22(29)30-19)15-20(24)28-11-5-2/h9-10,13-14H,4-8,11-12,15H2,1-3H3. The molecule has 8 heteroatoms. The fourth-order valence-corrected chi connectivity index (χ4v) is 4.04. The quantitative estimate of drug-likeness (QED) is 0.196. The first-order valence-corrected chi connectivity index (χ1v) is 11.4. The van der Waals surface area contributed by atoms with E-state index in [1.54, 1.807) is 13.2 Å². The van der Waals surface area contributed by atoms with Gasteiger partial charge in [0.25, 0.3) is 5.91 Å². The highest BCUT2D eigenvalue weighted by molar-refractivity contribution is 8.26. The van der Waals surface area contributed by atoms with Gasteiger partial charge in [-0.2, -0.15) is 0 Å². The first-order valence-electron chi connectivity index (χ1n) is 10.2. The Morgan fingerprint density at radius 1 is 1.13 bits per heavy atom. The number of hydrogen-bond acceptors (Lipinski definition) is 7. The molecule has 164 valence electrons. The molecule has 0 unspecified atom stereocenters. The van der Waals surface area contributed by atoms with Crippen molar-refractivity contribution in [3.05, 3.63) is 28.7 Å². The van der Waals surface area contributed by atoms with Crippen LogP contribution in [0, 0.1) is 0 Å². The Morgan fingerprint density at radius 2 is 1.93 bits per heavy atom. The van der Waals surface area contributed by atoms with Crippen molar-refractivity contribution >= 4 is 46.3 Å². The van der Waals surface area contributed by atoms with Gasteiger partial charge in [0.2, 0.25) is 0 Å². The first-order chi connectivity index (χ1) is 14.5. The van der Waals surface area contributed by atoms with Crippen LogP contribution in [0.5, 0.6) is 11.5 Å². The molecule has 0 spiro atoms. The van der Waals surface area contributed by atoms with Gasteiger partial charge in [-0.1, -0.05) is 63.2 Å². The second kappa shape index (κ2) is 12.6. The molecule has 30 heavy (non-hydrogen) atoms. The number of methoxy groups -OCH3 is 1. The molecule has 0 atom stereocenters. The first kappa shape index (κ1) is 24.2. The van der Waals surface area contributed by atoms with Gasteiger partial charge in [-0.05, 0) is 36.6 Å². The summed E-state index contributed by atoms with van der Waals surface area (Å²) >= 11 is 6.43. The Labute approximate surface area is 187 Å². The smallest absolute Gasteiger partial charge is 0.326 e. The summed E-state index contributed by atoms with van der Waals surface area (Å²) in [5.41, 5.74) is 0.791. The molecule has 1 heterocycles. The SMILES string of the molecule is CCCCCCOc1ccc(C=C2SC(=S)N(CC(=O)OCCC)C2=O)cc1OC. The van der Waals surface area contributed by atoms with Crippen LogP contribution in [0.15, 0.2) is 23.1 Å². The molecule has 1 fully saturated rings. The summed E-state index contributed by atoms with van der Waals surface area (Å²) in [6, 6.07) is 5.53. The highest BCUT2D eigenvalue weighted by Gasteiger charge is 2.33. The summed E-state index contributed by atoms with van der Waals surface area (Å²) in [5.74, 6) is 0.528. The zero-order valence-electron chi connectivity index (χ0n) is 17.8. The lowest BCUT2D eigenvalue weighted by molar-refractivity contribution is -0.146. The van der Waals surface area contributed by atoms with Crippen LogP contribution in [0.4, 0.5) is 0 Å². The molecule has 0 saturated carbocycles. The molecule has 0 N–H and O–H groups in total. The molecule has 1 saturated heterocycles. The van der Waals surface area contributed by atoms with Gasteiger partial charge in [0.1, 0.15) is 10.9 Å². The van der Waals surface area contributed by atoms with E-state index >= 15 is 0 Å². The van der Waals surface area contributed by atoms with Crippen LogP contribution in [-0.2, 0) is 14.3 Å². The number of thiocarbonyl (C=S) groups is 1. The number of esters is 1. The normalized spacial score (nSPS) is 15.0. The lowest BCUT2D eigenvalue weighted by Crippen LogP contribution is -2.34. The maximum absolute atomic E-state index is 12.7. The molecule has 1 aromatic carbocycles. The number of carbonyl (C=O) groups excluding carboxylic acids is 2. The number of amides is 1. The van der Waals surface area contributed by atoms with Crippen LogP contribution < -0.4 is 9.47 Å². The van der Waals surface area contributed by atoms with Gasteiger partial charge in [-0.25, -0.2) is 0 Å². The lowest BCUT2D eigenvalue weighted by Gasteiger charge is -2.13. The predicted octanol–water partition coefficient (Wildman–Crippen LogP) is 4.81. The van der Waals surface area contributed by atoms with E-state index in [0.29, 0.717) is 33.9 Å². The molecule has 2 rings (SSSR count). The topological polar surface area (TPSA) is 65.1 Å². The van der Waals surface area contributed by atoms with Gasteiger partial charge in [-0.15, -0.1) is 0 Å². The van der Waals surface area contributed by atoms with E-state index in [1.165, 1.54) is 29.5 Å². The second-order valence-corrected chi connectivity index (χ2v) is 8.48. The Hall–Kier alpha value is -2.06. The second-order valence-electron chi connectivity index (χ2n) is 6.81. The molecular formula is C22H29NO5S2. The zero-order valence-corrected chi connectivity index (χ0v) is 19.4. The average Bonchev–Trinajstić information content (AvgIpc) is 3.00. The van der Waals surface area contributed by atoms with Crippen LogP contribution in [-0.4, -0.2) is 48.0 Å². The maximum Gasteiger partial charge on any atom is 0.326 e. The van der Waals surface area contributed by atoms with Crippen molar-refractivity contribution in [3.8, 4) is 11.5 Å². The molecule has 0 bridgehead atoms. The van der Waals surface area contributed by atoms with Crippen molar-refractivity contribution in [2.45, 2.75) is 46.0 Å². The van der Waals surface area contributed by atoms with E-state index in [-0.39, 0.29) is 12.5 Å². The van der Waals surface area contributed by atoms with Crippen LogP contribution >= 0.6 is 24.0 Å². The van der Waals surface area contributed by atoms with Gasteiger partial charge >= 0.3 is 5.97 Å². The average molecular weight is 452 g/mol. The predicted molar refractivity (Wildman–Crippen MR) is 124 cm³/mol. The summed E-state index contributed by atoms with van der Waals surface area (Å²) in [6.07, 6.45) is 7.00. The fraction of sp³-hybridized carbons (Fsp3) is 0.500. The molecular weight excluding hydrogens is 422 g/mol. The number of thioether (sulfide) groups is 1. The molecule has 0 radical (unpaired) electrons. The van der Waals surface area contributed by atoms with Gasteiger partial charge < -0.3 is 14.2 Å². The highest BCUT2D eigenvalue weighted by atomic mass is 32.2. The molecule has 0 aliphatic carbocycles. The maximum atomic E-state index is 12.7. The van der Waals surface area contributed by atoms with E-state index in [0.717, 1.165) is 24.8 Å². The van der Waals surface area contributed by atoms with Crippen molar-refractivity contribution in [3.63, 3.8) is 0 Å². The number of benzene rings is 1. The number of nitrogens with zero attached hydrogens (tertiary/aromatic N) is 1. The minimum atomic E-state index is -0.462. The number of unbranched alkanes of at least 4 members (excludes halogenated alkanes) is 3. The fourth-order valence-electron chi connectivity index (χ4n) is 2.78. The molecule has 1 aromatic rings. The number of carbonyl (C=O) groups is 2. The third-order valence-electron chi connectivity index (χ3n) is 4.37. The summed E-state index contributed by atoms with van der Waals surface area (Å²) in [7, 11) is 1.59. The van der Waals surface area contributed by atoms with E-state index in [4.69, 9.17) is 26.4 Å². The summed E-state index contributed by atoms with van der Waals surface area (Å²) in [6.45, 7) is 4.89. The Bertz CT molecular complexity index is 794. The third kappa shape index (κ3) is 7.02. The zero-order chi connectivity index (χ0) is 21.9. The van der Waals surface area contributed by atoms with Gasteiger partial charge in [-0.3, -0.25) is 14.5 Å². The van der Waals surface area contributed by atoms with Crippen LogP contribution in [0.25, 0.3) is 6.08 Å². The Kier molecular flexibility index (Phi) is 10.2. The number of hydrogen-bond donors (Lipinski definition) is 0. The Balaban J connectivity index is 2.04. The van der Waals surface area contributed by atoms with Gasteiger partial charge in [0.05, 0.1) is 25.2 Å². The van der Waals surface area contributed by atoms with E-state index in [9.17, 15) is 9.59 Å². The van der Waals surface area contributed by atoms with E-state index in [2.05, 4.69) is 6.92 Å². The number of rotatable bonds is 12. The molecule has 1 amide bonds. The highest BCUT2D eigenvalue weighted by Crippen LogP contribution is 2.34. The van der Waals surface area contributed by atoms with E-state index in [1.807, 2.05) is 25.1 Å². The Morgan fingerprint density at radius 3 is 2.63 bits per heavy atom. The van der Waals surface area contributed by atoms with E-state index < -0.39 is 5.97 Å². The lowest BCUT2D eigenvalue weighted by atomic mass is 10.1. The van der Waals surface area contributed by atoms with Gasteiger partial charge in [0.15, 0.2) is 11.5 Å². The van der Waals surface area contributed by atoms with Crippen molar-refractivity contribution in [2.24, 2.45) is 0 Å².